The van der Waals surface area contributed by atoms with Crippen LogP contribution < -0.4 is 0 Å². The van der Waals surface area contributed by atoms with E-state index in [1.54, 1.807) is 4.31 Å². The second-order valence-electron chi connectivity index (χ2n) is 5.50. The Morgan fingerprint density at radius 3 is 2.53 bits per heavy atom. The van der Waals surface area contributed by atoms with Gasteiger partial charge < -0.3 is 10.1 Å². The summed E-state index contributed by atoms with van der Waals surface area (Å²) in [7, 11) is -3.41. The highest BCUT2D eigenvalue weighted by Gasteiger charge is 2.30. The molecule has 0 unspecified atom stereocenters. The van der Waals surface area contributed by atoms with Gasteiger partial charge in [-0.2, -0.15) is 4.31 Å². The van der Waals surface area contributed by atoms with Crippen LogP contribution in [0.1, 0.15) is 32.4 Å². The normalized spacial score (nSPS) is 19.2. The summed E-state index contributed by atoms with van der Waals surface area (Å²) < 4.78 is 26.4. The highest BCUT2D eigenvalue weighted by atomic mass is 32.2. The number of piperidine rings is 1. The third-order valence-corrected chi connectivity index (χ3v) is 5.84. The van der Waals surface area contributed by atoms with Gasteiger partial charge in [-0.3, -0.25) is 0 Å². The molecule has 5 nitrogen and oxygen atoms in total. The number of nitrogens with one attached hydrogen (secondary N) is 1. The van der Waals surface area contributed by atoms with Crippen LogP contribution in [-0.4, -0.2) is 35.9 Å². The Bertz CT molecular complexity index is 514. The van der Waals surface area contributed by atoms with E-state index in [1.807, 2.05) is 0 Å². The van der Waals surface area contributed by atoms with Gasteiger partial charge in [0.1, 0.15) is 0 Å². The molecule has 1 aliphatic rings. The van der Waals surface area contributed by atoms with Crippen LogP contribution in [0, 0.1) is 11.8 Å². The van der Waals surface area contributed by atoms with Crippen LogP contribution in [-0.2, 0) is 16.6 Å². The monoisotopic (exact) mass is 286 g/mol. The summed E-state index contributed by atoms with van der Waals surface area (Å²) in [6.07, 6.45) is 3.30. The van der Waals surface area contributed by atoms with Crippen molar-refractivity contribution in [3.05, 3.63) is 18.0 Å². The average molecular weight is 286 g/mol. The lowest BCUT2D eigenvalue weighted by Gasteiger charge is -2.32. The van der Waals surface area contributed by atoms with E-state index in [9.17, 15) is 8.42 Å². The molecule has 1 aliphatic heterocycles. The number of nitrogens with zero attached hydrogens (tertiary/aromatic N) is 1. The van der Waals surface area contributed by atoms with Gasteiger partial charge in [0.05, 0.1) is 11.5 Å². The minimum atomic E-state index is -3.41. The summed E-state index contributed by atoms with van der Waals surface area (Å²) in [5, 5.41) is 8.98. The maximum absolute atomic E-state index is 12.4. The first-order valence-electron chi connectivity index (χ1n) is 6.73. The van der Waals surface area contributed by atoms with Crippen LogP contribution in [0.25, 0.3) is 0 Å². The minimum absolute atomic E-state index is 0.176. The van der Waals surface area contributed by atoms with Crippen LogP contribution in [0.15, 0.2) is 17.2 Å². The molecule has 0 aliphatic carbocycles. The summed E-state index contributed by atoms with van der Waals surface area (Å²) in [4.78, 5) is 3.02. The fourth-order valence-electron chi connectivity index (χ4n) is 2.59. The van der Waals surface area contributed by atoms with E-state index in [1.165, 1.54) is 12.3 Å². The molecule has 0 aromatic carbocycles. The number of aliphatic hydroxyl groups is 1. The molecule has 2 N–H and O–H groups in total. The maximum Gasteiger partial charge on any atom is 0.244 e. The van der Waals surface area contributed by atoms with Gasteiger partial charge >= 0.3 is 0 Å². The molecule has 2 heterocycles. The van der Waals surface area contributed by atoms with Crippen LogP contribution in [0.4, 0.5) is 0 Å². The van der Waals surface area contributed by atoms with Crippen molar-refractivity contribution in [1.29, 1.82) is 0 Å². The Labute approximate surface area is 114 Å². The molecule has 0 radical (unpaired) electrons. The van der Waals surface area contributed by atoms with Crippen LogP contribution in [0.5, 0.6) is 0 Å². The first kappa shape index (κ1) is 14.6. The first-order chi connectivity index (χ1) is 8.95. The van der Waals surface area contributed by atoms with E-state index in [0.29, 0.717) is 30.6 Å². The topological polar surface area (TPSA) is 73.4 Å². The number of aromatic amines is 1. The van der Waals surface area contributed by atoms with Crippen molar-refractivity contribution in [2.45, 2.75) is 38.2 Å². The van der Waals surface area contributed by atoms with Gasteiger partial charge in [-0.15, -0.1) is 0 Å². The van der Waals surface area contributed by atoms with Gasteiger partial charge in [-0.25, -0.2) is 8.42 Å². The van der Waals surface area contributed by atoms with Crippen LogP contribution >= 0.6 is 0 Å². The highest BCUT2D eigenvalue weighted by Crippen LogP contribution is 2.28. The van der Waals surface area contributed by atoms with E-state index in [2.05, 4.69) is 18.8 Å². The molecule has 1 aromatic heterocycles. The zero-order chi connectivity index (χ0) is 14.0. The zero-order valence-corrected chi connectivity index (χ0v) is 12.3. The molecule has 0 saturated carbocycles. The van der Waals surface area contributed by atoms with Crippen molar-refractivity contribution < 1.29 is 13.5 Å². The van der Waals surface area contributed by atoms with Crippen molar-refractivity contribution in [2.24, 2.45) is 11.8 Å². The van der Waals surface area contributed by atoms with Gasteiger partial charge in [0.15, 0.2) is 0 Å². The van der Waals surface area contributed by atoms with Gasteiger partial charge in [-0.05, 0) is 30.7 Å². The van der Waals surface area contributed by atoms with Gasteiger partial charge in [0.2, 0.25) is 10.0 Å². The fraction of sp³-hybridized carbons (Fsp3) is 0.692. The summed E-state index contributed by atoms with van der Waals surface area (Å²) >= 11 is 0. The molecule has 0 spiro atoms. The number of aromatic nitrogens is 1. The van der Waals surface area contributed by atoms with Crippen LogP contribution in [0.3, 0.4) is 0 Å². The summed E-state index contributed by atoms with van der Waals surface area (Å²) in [5.74, 6) is 1.23. The lowest BCUT2D eigenvalue weighted by molar-refractivity contribution is 0.226. The molecule has 2 rings (SSSR count). The summed E-state index contributed by atoms with van der Waals surface area (Å²) in [6.45, 7) is 5.38. The molecular weight excluding hydrogens is 264 g/mol. The van der Waals surface area contributed by atoms with Crippen LogP contribution in [0.2, 0.25) is 0 Å². The Hall–Kier alpha value is -0.850. The second kappa shape index (κ2) is 5.64. The van der Waals surface area contributed by atoms with Gasteiger partial charge in [0.25, 0.3) is 0 Å². The van der Waals surface area contributed by atoms with E-state index in [0.717, 1.165) is 12.8 Å². The standard InChI is InChI=1S/C13H22N2O3S/c1-10(2)11-3-5-15(6-4-11)19(17,18)13-7-12(9-16)14-8-13/h7-8,10-11,14,16H,3-6,9H2,1-2H3. The average Bonchev–Trinajstić information content (AvgIpc) is 2.88. The molecule has 0 amide bonds. The maximum atomic E-state index is 12.4. The smallest absolute Gasteiger partial charge is 0.244 e. The van der Waals surface area contributed by atoms with Crippen molar-refractivity contribution in [3.8, 4) is 0 Å². The SMILES string of the molecule is CC(C)C1CCN(S(=O)(=O)c2c[nH]c(CO)c2)CC1. The van der Waals surface area contributed by atoms with Gasteiger partial charge in [-0.1, -0.05) is 13.8 Å². The number of H-pyrrole nitrogens is 1. The molecule has 0 bridgehead atoms. The first-order valence-corrected chi connectivity index (χ1v) is 8.17. The second-order valence-corrected chi connectivity index (χ2v) is 7.44. The summed E-state index contributed by atoms with van der Waals surface area (Å²) in [6, 6.07) is 1.50. The summed E-state index contributed by atoms with van der Waals surface area (Å²) in [5.41, 5.74) is 0.524. The number of hydrogen-bond acceptors (Lipinski definition) is 3. The molecule has 1 aromatic rings. The Morgan fingerprint density at radius 2 is 2.05 bits per heavy atom. The van der Waals surface area contributed by atoms with E-state index < -0.39 is 10.0 Å². The number of sulfonamides is 1. The molecule has 19 heavy (non-hydrogen) atoms. The molecule has 1 fully saturated rings. The molecule has 108 valence electrons. The third kappa shape index (κ3) is 3.01. The molecule has 1 saturated heterocycles. The van der Waals surface area contributed by atoms with Crippen molar-refractivity contribution in [2.75, 3.05) is 13.1 Å². The largest absolute Gasteiger partial charge is 0.390 e. The molecule has 6 heteroatoms. The quantitative estimate of drug-likeness (QED) is 0.882. The lowest BCUT2D eigenvalue weighted by atomic mass is 9.87. The van der Waals surface area contributed by atoms with Gasteiger partial charge in [0, 0.05) is 25.0 Å². The highest BCUT2D eigenvalue weighted by molar-refractivity contribution is 7.89. The predicted octanol–water partition coefficient (Wildman–Crippen LogP) is 1.56. The Morgan fingerprint density at radius 1 is 1.42 bits per heavy atom. The third-order valence-electron chi connectivity index (χ3n) is 3.97. The van der Waals surface area contributed by atoms with Crippen molar-refractivity contribution in [3.63, 3.8) is 0 Å². The number of hydrogen-bond donors (Lipinski definition) is 2. The molecular formula is C13H22N2O3S. The Balaban J connectivity index is 2.09. The minimum Gasteiger partial charge on any atom is -0.390 e. The van der Waals surface area contributed by atoms with Crippen molar-refractivity contribution >= 4 is 10.0 Å². The van der Waals surface area contributed by atoms with E-state index in [-0.39, 0.29) is 11.5 Å². The predicted molar refractivity (Wildman–Crippen MR) is 73.0 cm³/mol. The number of rotatable bonds is 4. The molecule has 0 atom stereocenters. The fourth-order valence-corrected chi connectivity index (χ4v) is 4.08. The zero-order valence-electron chi connectivity index (χ0n) is 11.5. The van der Waals surface area contributed by atoms with Crippen molar-refractivity contribution in [1.82, 2.24) is 9.29 Å². The lowest BCUT2D eigenvalue weighted by Crippen LogP contribution is -2.39. The Kier molecular flexibility index (Phi) is 4.32. The number of aliphatic hydroxyl groups excluding tert-OH is 1. The van der Waals surface area contributed by atoms with E-state index in [4.69, 9.17) is 5.11 Å². The van der Waals surface area contributed by atoms with E-state index >= 15 is 0 Å².